The topological polar surface area (TPSA) is 20.2 Å². The molecule has 0 spiro atoms. The van der Waals surface area contributed by atoms with Crippen LogP contribution in [-0.4, -0.2) is 5.11 Å². The Morgan fingerprint density at radius 1 is 1.00 bits per heavy atom. The molecule has 2 rings (SSSR count). The molecular formula is C18H22OS. The van der Waals surface area contributed by atoms with Crippen molar-refractivity contribution in [2.75, 3.05) is 0 Å². The molecule has 1 N–H and O–H groups in total. The summed E-state index contributed by atoms with van der Waals surface area (Å²) in [6.45, 7) is 8.47. The van der Waals surface area contributed by atoms with E-state index in [9.17, 15) is 5.11 Å². The van der Waals surface area contributed by atoms with Gasteiger partial charge in [-0.2, -0.15) is 0 Å². The molecule has 0 radical (unpaired) electrons. The van der Waals surface area contributed by atoms with Crippen LogP contribution in [-0.2, 0) is 0 Å². The molecule has 0 aliphatic heterocycles. The average molecular weight is 286 g/mol. The molecule has 0 saturated heterocycles. The first-order valence-electron chi connectivity index (χ1n) is 7.07. The Morgan fingerprint density at radius 3 is 2.05 bits per heavy atom. The Hall–Kier alpha value is -1.54. The highest BCUT2D eigenvalue weighted by atomic mass is 32.1. The highest BCUT2D eigenvalue weighted by molar-refractivity contribution is 7.10. The third-order valence-corrected chi connectivity index (χ3v) is 4.26. The molecule has 1 nitrogen and oxygen atoms in total. The van der Waals surface area contributed by atoms with E-state index in [2.05, 4.69) is 69.5 Å². The van der Waals surface area contributed by atoms with Gasteiger partial charge in [-0.25, -0.2) is 0 Å². The Morgan fingerprint density at radius 2 is 1.60 bits per heavy atom. The molecule has 1 heterocycles. The zero-order valence-corrected chi connectivity index (χ0v) is 13.4. The molecule has 106 valence electrons. The van der Waals surface area contributed by atoms with Crippen molar-refractivity contribution in [3.05, 3.63) is 51.2 Å². The van der Waals surface area contributed by atoms with Crippen LogP contribution in [0.4, 0.5) is 0 Å². The first kappa shape index (κ1) is 14.9. The van der Waals surface area contributed by atoms with Gasteiger partial charge < -0.3 is 5.11 Å². The lowest BCUT2D eigenvalue weighted by Crippen LogP contribution is -1.96. The van der Waals surface area contributed by atoms with Crippen LogP contribution in [0.2, 0.25) is 0 Å². The quantitative estimate of drug-likeness (QED) is 0.745. The average Bonchev–Trinajstić information content (AvgIpc) is 2.89. The van der Waals surface area contributed by atoms with Gasteiger partial charge in [0.25, 0.3) is 0 Å². The Bertz CT molecular complexity index is 563. The minimum atomic E-state index is 0.322. The van der Waals surface area contributed by atoms with Crippen molar-refractivity contribution >= 4 is 23.5 Å². The Balaban J connectivity index is 2.43. The molecule has 0 unspecified atom stereocenters. The van der Waals surface area contributed by atoms with Crippen LogP contribution >= 0.6 is 11.3 Å². The van der Waals surface area contributed by atoms with Crippen LogP contribution in [0.25, 0.3) is 12.2 Å². The number of benzene rings is 1. The van der Waals surface area contributed by atoms with Gasteiger partial charge in [0.1, 0.15) is 5.75 Å². The summed E-state index contributed by atoms with van der Waals surface area (Å²) in [5, 5.41) is 12.5. The number of hydrogen-bond acceptors (Lipinski definition) is 2. The largest absolute Gasteiger partial charge is 0.507 e. The van der Waals surface area contributed by atoms with E-state index in [-0.39, 0.29) is 0 Å². The van der Waals surface area contributed by atoms with Gasteiger partial charge >= 0.3 is 0 Å². The lowest BCUT2D eigenvalue weighted by atomic mass is 9.91. The monoisotopic (exact) mass is 286 g/mol. The minimum absolute atomic E-state index is 0.322. The molecule has 1 aromatic heterocycles. The minimum Gasteiger partial charge on any atom is -0.507 e. The van der Waals surface area contributed by atoms with Crippen LogP contribution in [0.1, 0.15) is 61.1 Å². The molecule has 0 aliphatic carbocycles. The second-order valence-electron chi connectivity index (χ2n) is 5.71. The molecule has 2 heteroatoms. The molecule has 2 aromatic rings. The predicted molar refractivity (Wildman–Crippen MR) is 89.5 cm³/mol. The number of thiophene rings is 1. The van der Waals surface area contributed by atoms with Crippen LogP contribution < -0.4 is 0 Å². The van der Waals surface area contributed by atoms with Gasteiger partial charge in [0.15, 0.2) is 0 Å². The molecule has 0 bridgehead atoms. The number of rotatable bonds is 4. The highest BCUT2D eigenvalue weighted by Gasteiger charge is 2.14. The molecule has 0 atom stereocenters. The molecular weight excluding hydrogens is 264 g/mol. The van der Waals surface area contributed by atoms with Gasteiger partial charge in [0.2, 0.25) is 0 Å². The molecule has 0 amide bonds. The third kappa shape index (κ3) is 3.31. The van der Waals surface area contributed by atoms with Crippen molar-refractivity contribution < 1.29 is 5.11 Å². The summed E-state index contributed by atoms with van der Waals surface area (Å²) in [5.41, 5.74) is 3.22. The maximum Gasteiger partial charge on any atom is 0.122 e. The maximum absolute atomic E-state index is 10.4. The fourth-order valence-corrected chi connectivity index (χ4v) is 2.86. The van der Waals surface area contributed by atoms with Crippen molar-refractivity contribution in [2.24, 2.45) is 0 Å². The van der Waals surface area contributed by atoms with Crippen LogP contribution in [0, 0.1) is 0 Å². The summed E-state index contributed by atoms with van der Waals surface area (Å²) >= 11 is 1.73. The van der Waals surface area contributed by atoms with E-state index in [0.717, 1.165) is 16.7 Å². The van der Waals surface area contributed by atoms with Crippen LogP contribution in [0.3, 0.4) is 0 Å². The van der Waals surface area contributed by atoms with Gasteiger partial charge in [-0.1, -0.05) is 39.8 Å². The number of hydrogen-bond donors (Lipinski definition) is 1. The van der Waals surface area contributed by atoms with Crippen molar-refractivity contribution in [1.29, 1.82) is 0 Å². The van der Waals surface area contributed by atoms with Gasteiger partial charge in [-0.15, -0.1) is 11.3 Å². The summed E-state index contributed by atoms with van der Waals surface area (Å²) in [7, 11) is 0. The zero-order chi connectivity index (χ0) is 14.7. The summed E-state index contributed by atoms with van der Waals surface area (Å²) in [6, 6.07) is 8.35. The predicted octanol–water partition coefficient (Wildman–Crippen LogP) is 5.87. The van der Waals surface area contributed by atoms with Gasteiger partial charge in [0.05, 0.1) is 0 Å². The van der Waals surface area contributed by atoms with Gasteiger partial charge in [-0.3, -0.25) is 0 Å². The smallest absolute Gasteiger partial charge is 0.122 e. The normalized spacial score (nSPS) is 11.9. The van der Waals surface area contributed by atoms with E-state index >= 15 is 0 Å². The maximum atomic E-state index is 10.4. The summed E-state index contributed by atoms with van der Waals surface area (Å²) in [4.78, 5) is 1.25. The van der Waals surface area contributed by atoms with E-state index < -0.39 is 0 Å². The van der Waals surface area contributed by atoms with E-state index in [4.69, 9.17) is 0 Å². The Kier molecular flexibility index (Phi) is 4.66. The van der Waals surface area contributed by atoms with Crippen molar-refractivity contribution in [2.45, 2.75) is 39.5 Å². The number of phenolic OH excluding ortho intramolecular Hbond substituents is 1. The standard InChI is InChI=1S/C18H22OS/c1-12(2)16-10-14(7-8-15-6-5-9-20-15)11-17(13(3)4)18(16)19/h5-13,19H,1-4H3/b8-7+. The van der Waals surface area contributed by atoms with E-state index in [1.54, 1.807) is 11.3 Å². The fraction of sp³-hybridized carbons (Fsp3) is 0.333. The first-order valence-corrected chi connectivity index (χ1v) is 7.95. The zero-order valence-electron chi connectivity index (χ0n) is 12.6. The van der Waals surface area contributed by atoms with Crippen LogP contribution in [0.5, 0.6) is 5.75 Å². The van der Waals surface area contributed by atoms with Gasteiger partial charge in [0, 0.05) is 4.88 Å². The summed E-state index contributed by atoms with van der Waals surface area (Å²) < 4.78 is 0. The molecule has 1 aromatic carbocycles. The number of phenols is 1. The van der Waals surface area contributed by atoms with E-state index in [1.807, 2.05) is 0 Å². The molecule has 20 heavy (non-hydrogen) atoms. The SMILES string of the molecule is CC(C)c1cc(/C=C/c2cccs2)cc(C(C)C)c1O. The summed E-state index contributed by atoms with van der Waals surface area (Å²) in [5.74, 6) is 1.11. The summed E-state index contributed by atoms with van der Waals surface area (Å²) in [6.07, 6.45) is 4.26. The highest BCUT2D eigenvalue weighted by Crippen LogP contribution is 2.35. The lowest BCUT2D eigenvalue weighted by Gasteiger charge is -2.16. The lowest BCUT2D eigenvalue weighted by molar-refractivity contribution is 0.454. The van der Waals surface area contributed by atoms with Gasteiger partial charge in [-0.05, 0) is 58.2 Å². The van der Waals surface area contributed by atoms with Crippen molar-refractivity contribution in [3.8, 4) is 5.75 Å². The second-order valence-corrected chi connectivity index (χ2v) is 6.69. The third-order valence-electron chi connectivity index (χ3n) is 3.42. The van der Waals surface area contributed by atoms with Crippen molar-refractivity contribution in [1.82, 2.24) is 0 Å². The number of aromatic hydroxyl groups is 1. The van der Waals surface area contributed by atoms with E-state index in [0.29, 0.717) is 17.6 Å². The van der Waals surface area contributed by atoms with Crippen LogP contribution in [0.15, 0.2) is 29.6 Å². The Labute approximate surface area is 125 Å². The molecule has 0 fully saturated rings. The second kappa shape index (κ2) is 6.27. The fourth-order valence-electron chi connectivity index (χ4n) is 2.25. The first-order chi connectivity index (χ1) is 9.49. The molecule has 0 saturated carbocycles. The van der Waals surface area contributed by atoms with Crippen molar-refractivity contribution in [3.63, 3.8) is 0 Å². The molecule has 0 aliphatic rings. The van der Waals surface area contributed by atoms with E-state index in [1.165, 1.54) is 4.88 Å².